The zero-order chi connectivity index (χ0) is 36.6. The Hall–Kier alpha value is -3.76. The summed E-state index contributed by atoms with van der Waals surface area (Å²) >= 11 is 0. The molecule has 0 saturated heterocycles. The average molecular weight is 736 g/mol. The van der Waals surface area contributed by atoms with Crippen LogP contribution in [0.3, 0.4) is 0 Å². The van der Waals surface area contributed by atoms with E-state index in [2.05, 4.69) is 4.72 Å². The van der Waals surface area contributed by atoms with Gasteiger partial charge in [-0.3, -0.25) is 9.52 Å². The van der Waals surface area contributed by atoms with Crippen molar-refractivity contribution in [3.05, 3.63) is 78.1 Å². The number of carbonyl (C=O) groups is 1. The van der Waals surface area contributed by atoms with Gasteiger partial charge in [0.05, 0.1) is 47.3 Å². The molecule has 1 amide bonds. The van der Waals surface area contributed by atoms with Gasteiger partial charge >= 0.3 is 0 Å². The number of halogens is 1. The SMILES string of the molecule is COc1ccc(S(=O)(=O)N(C)C[C@@H]2OCCCC[C@H](C)Oc3ccc(NS(=O)(=O)c4ccc(F)cc4)cc3C(=O)N([C@@H](C)CO)C[C@H]2C)cc1. The van der Waals surface area contributed by atoms with Gasteiger partial charge in [0, 0.05) is 38.3 Å². The highest BCUT2D eigenvalue weighted by molar-refractivity contribution is 7.92. The number of benzene rings is 3. The number of amides is 1. The number of ether oxygens (including phenoxy) is 3. The standard InChI is InChI=1S/C35H46FN3O9S2/c1-24-21-39(25(2)23-40)35(41)32-20-28(37-49(42,43)30-14-9-27(36)10-15-30)11-18-33(32)48-26(3)8-6-7-19-47-34(24)22-38(4)50(44,45)31-16-12-29(46-5)13-17-31/h9-18,20,24-26,34,37,40H,6-8,19,21-23H2,1-5H3/t24-,25+,26+,34+/m1/s1. The van der Waals surface area contributed by atoms with Gasteiger partial charge in [-0.25, -0.2) is 21.2 Å². The molecule has 0 unspecified atom stereocenters. The summed E-state index contributed by atoms with van der Waals surface area (Å²) in [6, 6.07) is 14.1. The first-order valence-electron chi connectivity index (χ1n) is 16.4. The van der Waals surface area contributed by atoms with E-state index < -0.39 is 49.8 Å². The highest BCUT2D eigenvalue weighted by Crippen LogP contribution is 2.30. The third kappa shape index (κ3) is 9.72. The number of nitrogens with one attached hydrogen (secondary N) is 1. The van der Waals surface area contributed by atoms with E-state index in [1.54, 1.807) is 19.1 Å². The third-order valence-corrected chi connectivity index (χ3v) is 11.9. The Labute approximate surface area is 294 Å². The van der Waals surface area contributed by atoms with Gasteiger partial charge in [-0.15, -0.1) is 0 Å². The molecule has 1 aliphatic rings. The molecular weight excluding hydrogens is 690 g/mol. The molecular formula is C35H46FN3O9S2. The molecule has 0 saturated carbocycles. The lowest BCUT2D eigenvalue weighted by Crippen LogP contribution is -2.48. The van der Waals surface area contributed by atoms with Crippen LogP contribution >= 0.6 is 0 Å². The Morgan fingerprint density at radius 2 is 1.68 bits per heavy atom. The fourth-order valence-corrected chi connectivity index (χ4v) is 7.79. The Balaban J connectivity index is 1.66. The summed E-state index contributed by atoms with van der Waals surface area (Å²) in [5.41, 5.74) is 0.146. The molecule has 0 aliphatic carbocycles. The van der Waals surface area contributed by atoms with Gasteiger partial charge in [-0.1, -0.05) is 6.92 Å². The molecule has 1 aliphatic heterocycles. The summed E-state index contributed by atoms with van der Waals surface area (Å²) in [5.74, 6) is -0.759. The fourth-order valence-electron chi connectivity index (χ4n) is 5.56. The van der Waals surface area contributed by atoms with Gasteiger partial charge < -0.3 is 24.2 Å². The number of fused-ring (bicyclic) bond motifs is 1. The predicted octanol–water partition coefficient (Wildman–Crippen LogP) is 4.75. The number of aliphatic hydroxyl groups is 1. The number of hydrogen-bond donors (Lipinski definition) is 2. The van der Waals surface area contributed by atoms with Crippen LogP contribution < -0.4 is 14.2 Å². The third-order valence-electron chi connectivity index (χ3n) is 8.63. The van der Waals surface area contributed by atoms with Crippen molar-refractivity contribution in [3.63, 3.8) is 0 Å². The smallest absolute Gasteiger partial charge is 0.261 e. The summed E-state index contributed by atoms with van der Waals surface area (Å²) < 4.78 is 88.0. The second-order valence-corrected chi connectivity index (χ2v) is 16.3. The van der Waals surface area contributed by atoms with E-state index in [1.807, 2.05) is 13.8 Å². The topological polar surface area (TPSA) is 152 Å². The van der Waals surface area contributed by atoms with E-state index in [1.165, 1.54) is 53.7 Å². The Bertz CT molecular complexity index is 1810. The number of aliphatic hydroxyl groups excluding tert-OH is 1. The van der Waals surface area contributed by atoms with Crippen molar-refractivity contribution in [2.75, 3.05) is 45.2 Å². The van der Waals surface area contributed by atoms with Crippen LogP contribution in [0.15, 0.2) is 76.5 Å². The number of carbonyl (C=O) groups excluding carboxylic acids is 1. The molecule has 274 valence electrons. The quantitative estimate of drug-likeness (QED) is 0.301. The van der Waals surface area contributed by atoms with Crippen LogP contribution in [0.4, 0.5) is 10.1 Å². The molecule has 3 aromatic rings. The van der Waals surface area contributed by atoms with E-state index in [4.69, 9.17) is 14.2 Å². The summed E-state index contributed by atoms with van der Waals surface area (Å²) in [4.78, 5) is 15.8. The molecule has 0 fully saturated rings. The zero-order valence-electron chi connectivity index (χ0n) is 28.9. The maximum Gasteiger partial charge on any atom is 0.261 e. The maximum absolute atomic E-state index is 14.4. The molecule has 4 atom stereocenters. The first kappa shape index (κ1) is 39.0. The summed E-state index contributed by atoms with van der Waals surface area (Å²) in [6.45, 7) is 5.44. The lowest BCUT2D eigenvalue weighted by molar-refractivity contribution is -0.00834. The van der Waals surface area contributed by atoms with Gasteiger partial charge in [0.1, 0.15) is 17.3 Å². The number of rotatable bonds is 10. The van der Waals surface area contributed by atoms with Crippen molar-refractivity contribution in [3.8, 4) is 11.5 Å². The molecule has 12 nitrogen and oxygen atoms in total. The van der Waals surface area contributed by atoms with Crippen LogP contribution in [-0.4, -0.2) is 95.8 Å². The van der Waals surface area contributed by atoms with Crippen LogP contribution in [0.1, 0.15) is 50.4 Å². The monoisotopic (exact) mass is 735 g/mol. The highest BCUT2D eigenvalue weighted by atomic mass is 32.2. The summed E-state index contributed by atoms with van der Waals surface area (Å²) in [5, 5.41) is 10.2. The molecule has 1 heterocycles. The van der Waals surface area contributed by atoms with Gasteiger partial charge in [0.25, 0.3) is 15.9 Å². The van der Waals surface area contributed by atoms with Crippen molar-refractivity contribution in [2.24, 2.45) is 5.92 Å². The number of nitrogens with zero attached hydrogens (tertiary/aromatic N) is 2. The molecule has 3 aromatic carbocycles. The van der Waals surface area contributed by atoms with Crippen molar-refractivity contribution in [2.45, 2.75) is 68.1 Å². The largest absolute Gasteiger partial charge is 0.497 e. The van der Waals surface area contributed by atoms with Gasteiger partial charge in [0.15, 0.2) is 0 Å². The fraction of sp³-hybridized carbons (Fsp3) is 0.457. The molecule has 4 rings (SSSR count). The normalized spacial score (nSPS) is 20.4. The first-order valence-corrected chi connectivity index (χ1v) is 19.3. The minimum absolute atomic E-state index is 0.00349. The van der Waals surface area contributed by atoms with Gasteiger partial charge in [-0.2, -0.15) is 4.31 Å². The van der Waals surface area contributed by atoms with Gasteiger partial charge in [-0.05, 0) is 99.8 Å². The van der Waals surface area contributed by atoms with E-state index in [0.717, 1.165) is 30.7 Å². The second-order valence-electron chi connectivity index (χ2n) is 12.5. The lowest BCUT2D eigenvalue weighted by Gasteiger charge is -2.35. The van der Waals surface area contributed by atoms with Crippen molar-refractivity contribution in [1.82, 2.24) is 9.21 Å². The minimum Gasteiger partial charge on any atom is -0.497 e. The van der Waals surface area contributed by atoms with E-state index in [-0.39, 0.29) is 52.6 Å². The van der Waals surface area contributed by atoms with Crippen LogP contribution in [0, 0.1) is 11.7 Å². The second kappa shape index (κ2) is 17.0. The van der Waals surface area contributed by atoms with Crippen molar-refractivity contribution in [1.29, 1.82) is 0 Å². The average Bonchev–Trinajstić information content (AvgIpc) is 3.09. The van der Waals surface area contributed by atoms with Crippen molar-refractivity contribution >= 4 is 31.6 Å². The molecule has 2 N–H and O–H groups in total. The van der Waals surface area contributed by atoms with Gasteiger partial charge in [0.2, 0.25) is 10.0 Å². The number of hydrogen-bond acceptors (Lipinski definition) is 9. The first-order chi connectivity index (χ1) is 23.7. The summed E-state index contributed by atoms with van der Waals surface area (Å²) in [7, 11) is -5.05. The highest BCUT2D eigenvalue weighted by Gasteiger charge is 2.32. The minimum atomic E-state index is -4.13. The van der Waals surface area contributed by atoms with Crippen LogP contribution in [0.25, 0.3) is 0 Å². The molecule has 0 bridgehead atoms. The zero-order valence-corrected chi connectivity index (χ0v) is 30.5. The van der Waals surface area contributed by atoms with Crippen molar-refractivity contribution < 1.29 is 45.3 Å². The lowest BCUT2D eigenvalue weighted by atomic mass is 10.0. The molecule has 0 aromatic heterocycles. The van der Waals surface area contributed by atoms with Crippen LogP contribution in [0.5, 0.6) is 11.5 Å². The molecule has 0 radical (unpaired) electrons. The Kier molecular flexibility index (Phi) is 13.2. The van der Waals surface area contributed by atoms with E-state index in [0.29, 0.717) is 25.2 Å². The molecule has 0 spiro atoms. The number of likely N-dealkylation sites (N-methyl/N-ethyl adjacent to an activating group) is 1. The summed E-state index contributed by atoms with van der Waals surface area (Å²) in [6.07, 6.45) is 1.09. The number of methoxy groups -OCH3 is 1. The van der Waals surface area contributed by atoms with Crippen LogP contribution in [0.2, 0.25) is 0 Å². The maximum atomic E-state index is 14.4. The van der Waals surface area contributed by atoms with Crippen LogP contribution in [-0.2, 0) is 24.8 Å². The Morgan fingerprint density at radius 3 is 2.32 bits per heavy atom. The number of anilines is 1. The molecule has 50 heavy (non-hydrogen) atoms. The Morgan fingerprint density at radius 1 is 1.02 bits per heavy atom. The predicted molar refractivity (Wildman–Crippen MR) is 187 cm³/mol. The number of sulfonamides is 2. The van der Waals surface area contributed by atoms with E-state index >= 15 is 0 Å². The molecule has 15 heteroatoms. The van der Waals surface area contributed by atoms with E-state index in [9.17, 15) is 31.1 Å².